The minimum atomic E-state index is -1.05. The number of carboxylic acids is 1. The van der Waals surface area contributed by atoms with E-state index in [9.17, 15) is 9.59 Å². The Morgan fingerprint density at radius 1 is 1.43 bits per heavy atom. The lowest BCUT2D eigenvalue weighted by Gasteiger charge is -2.16. The number of carbonyl (C=O) groups is 2. The summed E-state index contributed by atoms with van der Waals surface area (Å²) in [5.41, 5.74) is 2.26. The molecule has 3 rings (SSSR count). The van der Waals surface area contributed by atoms with Crippen molar-refractivity contribution in [2.24, 2.45) is 0 Å². The topological polar surface area (TPSA) is 96.5 Å². The number of fused-ring (bicyclic) bond motifs is 1. The molecule has 0 saturated heterocycles. The third-order valence-corrected chi connectivity index (χ3v) is 3.98. The molecular formula is C16H19N3O4. The summed E-state index contributed by atoms with van der Waals surface area (Å²) in [6.07, 6.45) is 2.09. The Balaban J connectivity index is 2.13. The second-order valence-corrected chi connectivity index (χ2v) is 6.33. The maximum Gasteiger partial charge on any atom is 0.323 e. The number of hydrogen-bond acceptors (Lipinski definition) is 5. The van der Waals surface area contributed by atoms with Crippen molar-refractivity contribution >= 4 is 23.0 Å². The molecule has 122 valence electrons. The number of carboxylic acid groups (broad SMARTS) is 1. The lowest BCUT2D eigenvalue weighted by atomic mass is 10.0. The quantitative estimate of drug-likeness (QED) is 0.909. The molecule has 0 radical (unpaired) electrons. The number of aromatic nitrogens is 2. The van der Waals surface area contributed by atoms with Crippen molar-refractivity contribution in [2.45, 2.75) is 38.5 Å². The van der Waals surface area contributed by atoms with Crippen LogP contribution in [-0.4, -0.2) is 45.6 Å². The van der Waals surface area contributed by atoms with E-state index in [-0.39, 0.29) is 18.4 Å². The summed E-state index contributed by atoms with van der Waals surface area (Å²) in [4.78, 5) is 29.3. The number of rotatable bonds is 5. The van der Waals surface area contributed by atoms with E-state index in [4.69, 9.17) is 9.63 Å². The molecule has 0 aromatic carbocycles. The molecule has 1 N–H and O–H groups in total. The molecule has 1 fully saturated rings. The number of aliphatic carboxylic acids is 1. The van der Waals surface area contributed by atoms with Gasteiger partial charge in [-0.2, -0.15) is 0 Å². The van der Waals surface area contributed by atoms with E-state index in [1.807, 2.05) is 13.8 Å². The number of carbonyl (C=O) groups excluding carboxylic acids is 1. The summed E-state index contributed by atoms with van der Waals surface area (Å²) in [7, 11) is 1.47. The smallest absolute Gasteiger partial charge is 0.323 e. The Morgan fingerprint density at radius 2 is 2.13 bits per heavy atom. The Kier molecular flexibility index (Phi) is 3.79. The molecular weight excluding hydrogens is 298 g/mol. The summed E-state index contributed by atoms with van der Waals surface area (Å²) in [6, 6.07) is 1.77. The van der Waals surface area contributed by atoms with Crippen molar-refractivity contribution in [2.75, 3.05) is 13.6 Å². The third-order valence-electron chi connectivity index (χ3n) is 3.98. The van der Waals surface area contributed by atoms with Gasteiger partial charge in [0.2, 0.25) is 0 Å². The molecule has 0 spiro atoms. The Bertz CT molecular complexity index is 777. The van der Waals surface area contributed by atoms with Crippen LogP contribution >= 0.6 is 0 Å². The maximum absolute atomic E-state index is 12.7. The van der Waals surface area contributed by atoms with E-state index < -0.39 is 5.97 Å². The van der Waals surface area contributed by atoms with Crippen LogP contribution in [0.3, 0.4) is 0 Å². The lowest BCUT2D eigenvalue weighted by molar-refractivity contribution is -0.137. The highest BCUT2D eigenvalue weighted by molar-refractivity contribution is 6.06. The average molecular weight is 317 g/mol. The van der Waals surface area contributed by atoms with Crippen LogP contribution in [0.15, 0.2) is 10.6 Å². The zero-order valence-corrected chi connectivity index (χ0v) is 13.4. The average Bonchev–Trinajstić information content (AvgIpc) is 3.23. The van der Waals surface area contributed by atoms with Gasteiger partial charge in [0.1, 0.15) is 6.54 Å². The van der Waals surface area contributed by atoms with Gasteiger partial charge in [-0.25, -0.2) is 4.98 Å². The molecule has 1 amide bonds. The molecule has 1 saturated carbocycles. The summed E-state index contributed by atoms with van der Waals surface area (Å²) in [5.74, 6) is -0.987. The first-order valence-corrected chi connectivity index (χ1v) is 7.66. The highest BCUT2D eigenvalue weighted by Crippen LogP contribution is 2.41. The van der Waals surface area contributed by atoms with Gasteiger partial charge in [0.25, 0.3) is 11.6 Å². The minimum absolute atomic E-state index is 0.0705. The van der Waals surface area contributed by atoms with Crippen molar-refractivity contribution < 1.29 is 19.2 Å². The first-order valence-electron chi connectivity index (χ1n) is 7.66. The Labute approximate surface area is 133 Å². The number of pyridine rings is 1. The van der Waals surface area contributed by atoms with Crippen LogP contribution < -0.4 is 0 Å². The number of hydrogen-bond donors (Lipinski definition) is 1. The van der Waals surface area contributed by atoms with E-state index in [0.29, 0.717) is 28.3 Å². The van der Waals surface area contributed by atoms with Crippen molar-refractivity contribution in [1.29, 1.82) is 0 Å². The Hall–Kier alpha value is -2.44. The predicted molar refractivity (Wildman–Crippen MR) is 82.5 cm³/mol. The molecule has 2 aromatic heterocycles. The van der Waals surface area contributed by atoms with Crippen LogP contribution in [0.5, 0.6) is 0 Å². The predicted octanol–water partition coefficient (Wildman–Crippen LogP) is 2.38. The Morgan fingerprint density at radius 3 is 2.70 bits per heavy atom. The monoisotopic (exact) mass is 317 g/mol. The van der Waals surface area contributed by atoms with Crippen LogP contribution in [0.1, 0.15) is 60.3 Å². The molecule has 7 nitrogen and oxygen atoms in total. The second-order valence-electron chi connectivity index (χ2n) is 6.33. The van der Waals surface area contributed by atoms with Crippen LogP contribution in [0.2, 0.25) is 0 Å². The normalized spacial score (nSPS) is 14.4. The van der Waals surface area contributed by atoms with Crippen molar-refractivity contribution in [3.8, 4) is 0 Å². The van der Waals surface area contributed by atoms with E-state index in [1.54, 1.807) is 6.07 Å². The van der Waals surface area contributed by atoms with Gasteiger partial charge in [-0.15, -0.1) is 0 Å². The van der Waals surface area contributed by atoms with Gasteiger partial charge in [0, 0.05) is 18.7 Å². The summed E-state index contributed by atoms with van der Waals surface area (Å²) < 4.78 is 5.33. The molecule has 23 heavy (non-hydrogen) atoms. The van der Waals surface area contributed by atoms with Crippen LogP contribution in [0.4, 0.5) is 0 Å². The minimum Gasteiger partial charge on any atom is -0.480 e. The molecule has 0 aliphatic heterocycles. The first kappa shape index (κ1) is 15.5. The zero-order chi connectivity index (χ0) is 16.7. The molecule has 7 heteroatoms. The highest BCUT2D eigenvalue weighted by Gasteiger charge is 2.30. The molecule has 0 unspecified atom stereocenters. The fourth-order valence-electron chi connectivity index (χ4n) is 2.62. The first-order chi connectivity index (χ1) is 10.9. The molecule has 2 aromatic rings. The van der Waals surface area contributed by atoms with Gasteiger partial charge in [0.15, 0.2) is 0 Å². The van der Waals surface area contributed by atoms with Crippen molar-refractivity contribution in [3.63, 3.8) is 0 Å². The SMILES string of the molecule is CC(C)c1noc2nc(C3CC3)cc(C(=O)N(C)CC(=O)O)c12. The summed E-state index contributed by atoms with van der Waals surface area (Å²) in [6.45, 7) is 3.56. The maximum atomic E-state index is 12.7. The molecule has 1 aliphatic rings. The van der Waals surface area contributed by atoms with E-state index >= 15 is 0 Å². The molecule has 1 aliphatic carbocycles. The van der Waals surface area contributed by atoms with E-state index in [1.165, 1.54) is 11.9 Å². The molecule has 2 heterocycles. The second kappa shape index (κ2) is 5.64. The fourth-order valence-corrected chi connectivity index (χ4v) is 2.62. The van der Waals surface area contributed by atoms with E-state index in [2.05, 4.69) is 10.1 Å². The largest absolute Gasteiger partial charge is 0.480 e. The number of amides is 1. The number of nitrogens with zero attached hydrogens (tertiary/aromatic N) is 3. The van der Waals surface area contributed by atoms with Gasteiger partial charge in [-0.1, -0.05) is 19.0 Å². The van der Waals surface area contributed by atoms with Gasteiger partial charge >= 0.3 is 5.97 Å². The van der Waals surface area contributed by atoms with Crippen LogP contribution in [0.25, 0.3) is 11.1 Å². The summed E-state index contributed by atoms with van der Waals surface area (Å²) >= 11 is 0. The van der Waals surface area contributed by atoms with Gasteiger partial charge in [-0.3, -0.25) is 9.59 Å². The summed E-state index contributed by atoms with van der Waals surface area (Å²) in [5, 5.41) is 13.6. The molecule has 0 bridgehead atoms. The van der Waals surface area contributed by atoms with Gasteiger partial charge < -0.3 is 14.5 Å². The lowest BCUT2D eigenvalue weighted by Crippen LogP contribution is -2.32. The van der Waals surface area contributed by atoms with Crippen LogP contribution in [-0.2, 0) is 4.79 Å². The van der Waals surface area contributed by atoms with Gasteiger partial charge in [0.05, 0.1) is 16.6 Å². The highest BCUT2D eigenvalue weighted by atomic mass is 16.5. The van der Waals surface area contributed by atoms with E-state index in [0.717, 1.165) is 18.5 Å². The standard InChI is InChI=1S/C16H19N3O4/c1-8(2)14-13-10(16(22)19(3)7-12(20)21)6-11(9-4-5-9)17-15(13)23-18-14/h6,8-9H,4-5,7H2,1-3H3,(H,20,21). The van der Waals surface area contributed by atoms with Crippen molar-refractivity contribution in [3.05, 3.63) is 23.0 Å². The van der Waals surface area contributed by atoms with Crippen LogP contribution in [0, 0.1) is 0 Å². The molecule has 0 atom stereocenters. The third kappa shape index (κ3) is 2.91. The van der Waals surface area contributed by atoms with Crippen molar-refractivity contribution in [1.82, 2.24) is 15.0 Å². The van der Waals surface area contributed by atoms with Gasteiger partial charge in [-0.05, 0) is 24.8 Å². The number of likely N-dealkylation sites (N-methyl/N-ethyl adjacent to an activating group) is 1. The zero-order valence-electron chi connectivity index (χ0n) is 13.4. The fraction of sp³-hybridized carbons (Fsp3) is 0.500.